The van der Waals surface area contributed by atoms with Crippen LogP contribution in [-0.4, -0.2) is 4.98 Å². The summed E-state index contributed by atoms with van der Waals surface area (Å²) in [5.74, 6) is -0.00432. The summed E-state index contributed by atoms with van der Waals surface area (Å²) in [4.78, 5) is 4.17. The average Bonchev–Trinajstić information content (AvgIpc) is 2.30. The number of allylic oxidation sites excluding steroid dienone is 4. The van der Waals surface area contributed by atoms with Crippen LogP contribution in [0.1, 0.15) is 17.7 Å². The molecular weight excluding hydrogens is 203 g/mol. The van der Waals surface area contributed by atoms with Crippen molar-refractivity contribution in [2.75, 3.05) is 0 Å². The molecule has 0 amide bonds. The van der Waals surface area contributed by atoms with Gasteiger partial charge in [-0.25, -0.2) is 4.39 Å². The van der Waals surface area contributed by atoms with Crippen molar-refractivity contribution in [1.82, 2.24) is 4.98 Å². The molecule has 1 unspecified atom stereocenters. The Morgan fingerprint density at radius 2 is 2.38 bits per heavy atom. The first-order chi connectivity index (χ1) is 7.78. The van der Waals surface area contributed by atoms with E-state index in [1.165, 1.54) is 6.08 Å². The van der Waals surface area contributed by atoms with Crippen molar-refractivity contribution in [1.29, 1.82) is 5.26 Å². The number of halogens is 1. The van der Waals surface area contributed by atoms with Gasteiger partial charge in [-0.15, -0.1) is 0 Å². The minimum atomic E-state index is -0.176. The molecule has 0 aliphatic heterocycles. The molecule has 0 fully saturated rings. The Hall–Kier alpha value is -1.95. The van der Waals surface area contributed by atoms with Crippen LogP contribution in [0.15, 0.2) is 42.4 Å². The molecule has 2 nitrogen and oxygen atoms in total. The number of hydrogen-bond acceptors (Lipinski definition) is 2. The summed E-state index contributed by atoms with van der Waals surface area (Å²) < 4.78 is 13.0. The van der Waals surface area contributed by atoms with Crippen LogP contribution in [0.3, 0.4) is 0 Å². The number of rotatable bonds is 2. The third-order valence-corrected chi connectivity index (χ3v) is 2.54. The molecule has 0 N–H and O–H groups in total. The molecule has 3 heteroatoms. The summed E-state index contributed by atoms with van der Waals surface area (Å²) in [5.41, 5.74) is 1.44. The number of nitriles is 1. The number of pyridine rings is 1. The molecular formula is C13H11FN2. The van der Waals surface area contributed by atoms with Crippen LogP contribution in [-0.2, 0) is 6.42 Å². The van der Waals surface area contributed by atoms with E-state index in [2.05, 4.69) is 4.98 Å². The zero-order valence-corrected chi connectivity index (χ0v) is 8.73. The maximum atomic E-state index is 13.0. The Balaban J connectivity index is 2.05. The number of nitrogens with zero attached hydrogens (tertiary/aromatic N) is 2. The van der Waals surface area contributed by atoms with Crippen molar-refractivity contribution < 1.29 is 4.39 Å². The fourth-order valence-electron chi connectivity index (χ4n) is 1.73. The summed E-state index contributed by atoms with van der Waals surface area (Å²) >= 11 is 0. The summed E-state index contributed by atoms with van der Waals surface area (Å²) in [5, 5.41) is 8.63. The van der Waals surface area contributed by atoms with Gasteiger partial charge in [-0.3, -0.25) is 4.98 Å². The van der Waals surface area contributed by atoms with Crippen molar-refractivity contribution in [3.8, 4) is 6.07 Å². The highest BCUT2D eigenvalue weighted by molar-refractivity contribution is 5.27. The Morgan fingerprint density at radius 1 is 1.50 bits per heavy atom. The van der Waals surface area contributed by atoms with Gasteiger partial charge in [0.05, 0.1) is 5.56 Å². The lowest BCUT2D eigenvalue weighted by molar-refractivity contribution is 0.582. The van der Waals surface area contributed by atoms with Gasteiger partial charge in [-0.05, 0) is 43.0 Å². The van der Waals surface area contributed by atoms with Crippen molar-refractivity contribution >= 4 is 0 Å². The van der Waals surface area contributed by atoms with Gasteiger partial charge in [-0.2, -0.15) is 5.26 Å². The molecule has 0 saturated carbocycles. The van der Waals surface area contributed by atoms with Gasteiger partial charge >= 0.3 is 0 Å². The van der Waals surface area contributed by atoms with Gasteiger partial charge in [0.25, 0.3) is 0 Å². The highest BCUT2D eigenvalue weighted by Crippen LogP contribution is 2.20. The lowest BCUT2D eigenvalue weighted by Gasteiger charge is -2.12. The van der Waals surface area contributed by atoms with E-state index in [-0.39, 0.29) is 11.7 Å². The van der Waals surface area contributed by atoms with E-state index in [0.717, 1.165) is 12.1 Å². The molecule has 0 spiro atoms. The van der Waals surface area contributed by atoms with E-state index in [9.17, 15) is 4.39 Å². The standard InChI is InChI=1S/C13H11FN2/c14-12-3-1-2-10(6-12)7-13-5-4-11(8-15)9-16-13/h1,3-6,9-10H,2,7H2. The van der Waals surface area contributed by atoms with Crippen LogP contribution >= 0.6 is 0 Å². The smallest absolute Gasteiger partial charge is 0.119 e. The molecule has 1 aromatic rings. The highest BCUT2D eigenvalue weighted by atomic mass is 19.1. The lowest BCUT2D eigenvalue weighted by atomic mass is 9.95. The predicted molar refractivity (Wildman–Crippen MR) is 59.1 cm³/mol. The largest absolute Gasteiger partial charge is 0.260 e. The van der Waals surface area contributed by atoms with E-state index >= 15 is 0 Å². The summed E-state index contributed by atoms with van der Waals surface area (Å²) in [7, 11) is 0. The first kappa shape index (κ1) is 10.6. The van der Waals surface area contributed by atoms with Gasteiger partial charge in [0.1, 0.15) is 11.9 Å². The second-order valence-corrected chi connectivity index (χ2v) is 3.80. The third-order valence-electron chi connectivity index (χ3n) is 2.54. The fourth-order valence-corrected chi connectivity index (χ4v) is 1.73. The molecule has 1 atom stereocenters. The van der Waals surface area contributed by atoms with E-state index in [1.54, 1.807) is 18.3 Å². The summed E-state index contributed by atoms with van der Waals surface area (Å²) in [6.07, 6.45) is 8.05. The molecule has 16 heavy (non-hydrogen) atoms. The maximum Gasteiger partial charge on any atom is 0.119 e. The highest BCUT2D eigenvalue weighted by Gasteiger charge is 2.10. The van der Waals surface area contributed by atoms with Crippen LogP contribution in [0.25, 0.3) is 0 Å². The van der Waals surface area contributed by atoms with Gasteiger partial charge in [0.2, 0.25) is 0 Å². The second kappa shape index (κ2) is 4.71. The Labute approximate surface area is 93.7 Å². The van der Waals surface area contributed by atoms with Crippen molar-refractivity contribution in [2.45, 2.75) is 12.8 Å². The number of hydrogen-bond donors (Lipinski definition) is 0. The van der Waals surface area contributed by atoms with Crippen molar-refractivity contribution in [3.63, 3.8) is 0 Å². The molecule has 0 aromatic carbocycles. The quantitative estimate of drug-likeness (QED) is 0.758. The van der Waals surface area contributed by atoms with Gasteiger partial charge in [0.15, 0.2) is 0 Å². The minimum Gasteiger partial charge on any atom is -0.260 e. The van der Waals surface area contributed by atoms with Crippen LogP contribution in [0, 0.1) is 17.2 Å². The van der Waals surface area contributed by atoms with E-state index in [1.807, 2.05) is 18.2 Å². The molecule has 1 aliphatic carbocycles. The fraction of sp³-hybridized carbons (Fsp3) is 0.231. The average molecular weight is 214 g/mol. The van der Waals surface area contributed by atoms with Crippen molar-refractivity contribution in [2.24, 2.45) is 5.92 Å². The molecule has 1 aliphatic rings. The SMILES string of the molecule is N#Cc1ccc(CC2C=C(F)C=CC2)nc1. The molecule has 0 radical (unpaired) electrons. The van der Waals surface area contributed by atoms with E-state index in [4.69, 9.17) is 5.26 Å². The van der Waals surface area contributed by atoms with Gasteiger partial charge in [-0.1, -0.05) is 6.08 Å². The van der Waals surface area contributed by atoms with Crippen LogP contribution in [0.2, 0.25) is 0 Å². The molecule has 1 aromatic heterocycles. The van der Waals surface area contributed by atoms with Crippen molar-refractivity contribution in [3.05, 3.63) is 53.6 Å². The zero-order valence-electron chi connectivity index (χ0n) is 8.73. The zero-order chi connectivity index (χ0) is 11.4. The van der Waals surface area contributed by atoms with Crippen LogP contribution in [0.4, 0.5) is 4.39 Å². The number of aromatic nitrogens is 1. The third kappa shape index (κ3) is 2.54. The monoisotopic (exact) mass is 214 g/mol. The Kier molecular flexibility index (Phi) is 3.11. The van der Waals surface area contributed by atoms with Gasteiger partial charge < -0.3 is 0 Å². The van der Waals surface area contributed by atoms with Crippen LogP contribution in [0.5, 0.6) is 0 Å². The van der Waals surface area contributed by atoms with E-state index < -0.39 is 0 Å². The molecule has 2 rings (SSSR count). The Bertz CT molecular complexity index is 466. The molecule has 0 saturated heterocycles. The molecule has 1 heterocycles. The topological polar surface area (TPSA) is 36.7 Å². The minimum absolute atomic E-state index is 0.172. The second-order valence-electron chi connectivity index (χ2n) is 3.80. The predicted octanol–water partition coefficient (Wildman–Crippen LogP) is 2.93. The van der Waals surface area contributed by atoms with E-state index in [0.29, 0.717) is 12.0 Å². The molecule has 0 bridgehead atoms. The Morgan fingerprint density at radius 3 is 3.00 bits per heavy atom. The summed E-state index contributed by atoms with van der Waals surface area (Å²) in [6, 6.07) is 5.58. The normalized spacial score (nSPS) is 19.0. The maximum absolute atomic E-state index is 13.0. The van der Waals surface area contributed by atoms with Gasteiger partial charge in [0, 0.05) is 11.9 Å². The first-order valence-electron chi connectivity index (χ1n) is 5.17. The lowest BCUT2D eigenvalue weighted by Crippen LogP contribution is -2.04. The van der Waals surface area contributed by atoms with Crippen LogP contribution < -0.4 is 0 Å². The first-order valence-corrected chi connectivity index (χ1v) is 5.17. The summed E-state index contributed by atoms with van der Waals surface area (Å²) in [6.45, 7) is 0. The molecule has 80 valence electrons.